The summed E-state index contributed by atoms with van der Waals surface area (Å²) in [5.74, 6) is 0. The maximum absolute atomic E-state index is 2.82. The molecule has 0 radical (unpaired) electrons. The summed E-state index contributed by atoms with van der Waals surface area (Å²) in [6.07, 6.45) is 2.38. The van der Waals surface area contributed by atoms with Crippen LogP contribution in [0.4, 0.5) is 11.4 Å². The number of aryl methyl sites for hydroxylation is 1. The first-order valence-electron chi connectivity index (χ1n) is 22.7. The van der Waals surface area contributed by atoms with E-state index in [1.54, 1.807) is 0 Å². The van der Waals surface area contributed by atoms with Crippen molar-refractivity contribution in [3.8, 4) is 16.8 Å². The SMILES string of the molecule is Cc1cc2c(cc1N1B3c4c(cc5ccccc5c4-c4cc5c(cc41)Sc1ccccc1S5)-n1c4ccc(C(C)(C)C)cc4c4cc(C(C)(C)C)cc3c41)C(C)(C)CCC2(C)C. The molecule has 0 bridgehead atoms. The highest BCUT2D eigenvalue weighted by molar-refractivity contribution is 8.05. The molecule has 12 rings (SSSR count). The van der Waals surface area contributed by atoms with Gasteiger partial charge in [-0.2, -0.15) is 0 Å². The topological polar surface area (TPSA) is 8.17 Å². The third-order valence-corrected chi connectivity index (χ3v) is 17.6. The van der Waals surface area contributed by atoms with Gasteiger partial charge in [0.15, 0.2) is 0 Å². The van der Waals surface area contributed by atoms with Crippen molar-refractivity contribution < 1.29 is 0 Å². The third-order valence-electron chi connectivity index (χ3n) is 15.1. The number of rotatable bonds is 1. The monoisotopic (exact) mass is 842 g/mol. The molecular weight excluding hydrogens is 788 g/mol. The molecule has 0 spiro atoms. The summed E-state index contributed by atoms with van der Waals surface area (Å²) >= 11 is 3.86. The summed E-state index contributed by atoms with van der Waals surface area (Å²) in [6, 6.07) is 43.5. The highest BCUT2D eigenvalue weighted by atomic mass is 32.2. The number of benzene rings is 7. The number of anilines is 2. The summed E-state index contributed by atoms with van der Waals surface area (Å²) in [7, 11) is 0. The molecule has 4 aliphatic rings. The van der Waals surface area contributed by atoms with Gasteiger partial charge in [0.2, 0.25) is 0 Å². The van der Waals surface area contributed by atoms with Crippen LogP contribution in [0, 0.1) is 6.92 Å². The van der Waals surface area contributed by atoms with Gasteiger partial charge in [-0.1, -0.05) is 147 Å². The predicted octanol–water partition coefficient (Wildman–Crippen LogP) is 15.0. The van der Waals surface area contributed by atoms with Crippen molar-refractivity contribution in [3.63, 3.8) is 0 Å². The van der Waals surface area contributed by atoms with Crippen LogP contribution in [0.25, 0.3) is 49.4 Å². The molecule has 0 saturated carbocycles. The van der Waals surface area contributed by atoms with Crippen LogP contribution in [-0.2, 0) is 21.7 Å². The van der Waals surface area contributed by atoms with Crippen molar-refractivity contribution >= 4 is 85.3 Å². The second-order valence-electron chi connectivity index (χ2n) is 22.1. The molecule has 1 aromatic heterocycles. The van der Waals surface area contributed by atoms with E-state index in [1.807, 2.05) is 23.5 Å². The van der Waals surface area contributed by atoms with E-state index in [9.17, 15) is 0 Å². The number of nitrogens with zero attached hydrogens (tertiary/aromatic N) is 2. The van der Waals surface area contributed by atoms with E-state index in [4.69, 9.17) is 0 Å². The summed E-state index contributed by atoms with van der Waals surface area (Å²) < 4.78 is 2.66. The van der Waals surface area contributed by atoms with Crippen molar-refractivity contribution in [1.29, 1.82) is 0 Å². The van der Waals surface area contributed by atoms with Crippen molar-refractivity contribution in [2.24, 2.45) is 0 Å². The number of fused-ring (bicyclic) bond motifs is 12. The van der Waals surface area contributed by atoms with E-state index in [0.29, 0.717) is 0 Å². The zero-order valence-corrected chi connectivity index (χ0v) is 39.7. The quantitative estimate of drug-likeness (QED) is 0.152. The Labute approximate surface area is 376 Å². The number of hydrogen-bond donors (Lipinski definition) is 0. The fourth-order valence-electron chi connectivity index (χ4n) is 11.4. The Morgan fingerprint density at radius 3 is 1.89 bits per heavy atom. The summed E-state index contributed by atoms with van der Waals surface area (Å²) in [6.45, 7) is 26.4. The summed E-state index contributed by atoms with van der Waals surface area (Å²) in [5.41, 5.74) is 19.4. The molecule has 0 unspecified atom stereocenters. The van der Waals surface area contributed by atoms with E-state index >= 15 is 0 Å². The first-order chi connectivity index (χ1) is 29.4. The fraction of sp³-hybridized carbons (Fsp3) is 0.298. The molecule has 0 fully saturated rings. The molecule has 8 aromatic rings. The highest BCUT2D eigenvalue weighted by Gasteiger charge is 2.47. The average molecular weight is 843 g/mol. The molecule has 4 heterocycles. The molecule has 5 heteroatoms. The van der Waals surface area contributed by atoms with Gasteiger partial charge in [0.05, 0.1) is 11.0 Å². The van der Waals surface area contributed by atoms with E-state index < -0.39 is 0 Å². The zero-order valence-electron chi connectivity index (χ0n) is 38.1. The molecule has 3 aliphatic heterocycles. The molecule has 2 nitrogen and oxygen atoms in total. The normalized spacial score (nSPS) is 16.9. The Balaban J connectivity index is 1.27. The zero-order chi connectivity index (χ0) is 43.0. The first-order valence-corrected chi connectivity index (χ1v) is 24.3. The second kappa shape index (κ2) is 12.7. The highest BCUT2D eigenvalue weighted by Crippen LogP contribution is 2.56. The maximum Gasteiger partial charge on any atom is 0.333 e. The molecule has 1 aliphatic carbocycles. The fourth-order valence-corrected chi connectivity index (χ4v) is 13.7. The minimum atomic E-state index is -0.0533. The van der Waals surface area contributed by atoms with Crippen LogP contribution in [0.5, 0.6) is 0 Å². The van der Waals surface area contributed by atoms with Crippen molar-refractivity contribution in [2.75, 3.05) is 4.81 Å². The Hall–Kier alpha value is -4.84. The molecule has 0 amide bonds. The van der Waals surface area contributed by atoms with E-state index in [-0.39, 0.29) is 28.5 Å². The molecule has 0 atom stereocenters. The lowest BCUT2D eigenvalue weighted by Gasteiger charge is -2.46. The smallest absolute Gasteiger partial charge is 0.333 e. The van der Waals surface area contributed by atoms with Gasteiger partial charge in [-0.15, -0.1) is 0 Å². The molecule has 62 heavy (non-hydrogen) atoms. The van der Waals surface area contributed by atoms with Gasteiger partial charge in [-0.3, -0.25) is 0 Å². The van der Waals surface area contributed by atoms with E-state index in [1.165, 1.54) is 132 Å². The molecular formula is C57H55BN2S2. The van der Waals surface area contributed by atoms with Crippen molar-refractivity contribution in [1.82, 2.24) is 4.57 Å². The number of aromatic nitrogens is 1. The molecule has 0 N–H and O–H groups in total. The van der Waals surface area contributed by atoms with Crippen LogP contribution in [0.1, 0.15) is 110 Å². The van der Waals surface area contributed by atoms with Gasteiger partial charge in [-0.25, -0.2) is 0 Å². The van der Waals surface area contributed by atoms with Crippen LogP contribution in [0.2, 0.25) is 0 Å². The van der Waals surface area contributed by atoms with Gasteiger partial charge < -0.3 is 9.38 Å². The van der Waals surface area contributed by atoms with Crippen LogP contribution >= 0.6 is 23.5 Å². The minimum absolute atomic E-state index is 0.0273. The predicted molar refractivity (Wildman–Crippen MR) is 269 cm³/mol. The third kappa shape index (κ3) is 5.40. The summed E-state index contributed by atoms with van der Waals surface area (Å²) in [5, 5.41) is 5.32. The van der Waals surface area contributed by atoms with Crippen LogP contribution in [-0.4, -0.2) is 11.4 Å². The van der Waals surface area contributed by atoms with E-state index in [2.05, 4.69) is 195 Å². The minimum Gasteiger partial charge on any atom is -0.376 e. The van der Waals surface area contributed by atoms with Crippen LogP contribution in [0.3, 0.4) is 0 Å². The average Bonchev–Trinajstić information content (AvgIpc) is 3.56. The first kappa shape index (κ1) is 38.8. The lowest BCUT2D eigenvalue weighted by molar-refractivity contribution is 0.332. The molecule has 7 aromatic carbocycles. The maximum atomic E-state index is 2.82. The largest absolute Gasteiger partial charge is 0.376 e. The standard InChI is InChI=1S/C57H55BN2S2/c1-32-24-40-41(57(10,11)23-22-56(40,8)9)30-44(32)60-45-31-50-49(61-47-18-14-15-19-48(47)62-50)29-39(45)51-36-17-13-12-16-33(36)25-46-52(51)58(60)42-28-35(55(5,6)7)27-38-37-26-34(54(2,3)4)20-21-43(37)59(46)53(38)42/h12-21,24-31H,22-23H2,1-11H3. The van der Waals surface area contributed by atoms with Crippen LogP contribution in [0.15, 0.2) is 129 Å². The Morgan fingerprint density at radius 2 is 1.19 bits per heavy atom. The Bertz CT molecular complexity index is 3300. The summed E-state index contributed by atoms with van der Waals surface area (Å²) in [4.78, 5) is 8.17. The van der Waals surface area contributed by atoms with Crippen molar-refractivity contribution in [2.45, 2.75) is 130 Å². The lowest BCUT2D eigenvalue weighted by atomic mass is 9.43. The van der Waals surface area contributed by atoms with Crippen molar-refractivity contribution in [3.05, 3.63) is 137 Å². The second-order valence-corrected chi connectivity index (χ2v) is 24.3. The molecule has 308 valence electrons. The van der Waals surface area contributed by atoms with E-state index in [0.717, 1.165) is 0 Å². The lowest BCUT2D eigenvalue weighted by Crippen LogP contribution is -2.61. The van der Waals surface area contributed by atoms with Gasteiger partial charge in [0.1, 0.15) is 0 Å². The van der Waals surface area contributed by atoms with Gasteiger partial charge in [-0.05, 0) is 151 Å². The van der Waals surface area contributed by atoms with Gasteiger partial charge >= 0.3 is 6.85 Å². The Morgan fingerprint density at radius 1 is 0.565 bits per heavy atom. The van der Waals surface area contributed by atoms with Gasteiger partial charge in [0, 0.05) is 53.0 Å². The Kier molecular flexibility index (Phi) is 7.93. The number of hydrogen-bond acceptors (Lipinski definition) is 3. The van der Waals surface area contributed by atoms with Crippen LogP contribution < -0.4 is 15.7 Å². The molecule has 0 saturated heterocycles. The van der Waals surface area contributed by atoms with Gasteiger partial charge in [0.25, 0.3) is 0 Å².